The third-order valence-corrected chi connectivity index (χ3v) is 4.58. The summed E-state index contributed by atoms with van der Waals surface area (Å²) in [5, 5.41) is 14.1. The summed E-state index contributed by atoms with van der Waals surface area (Å²) in [6.07, 6.45) is 4.00. The van der Waals surface area contributed by atoms with Crippen LogP contribution in [-0.2, 0) is 13.1 Å². The molecule has 1 aliphatic heterocycles. The monoisotopic (exact) mass is 359 g/mol. The summed E-state index contributed by atoms with van der Waals surface area (Å²) < 4.78 is 3.27. The van der Waals surface area contributed by atoms with Crippen LogP contribution in [0.2, 0.25) is 0 Å². The lowest BCUT2D eigenvalue weighted by Crippen LogP contribution is -2.33. The average Bonchev–Trinajstić information content (AvgIpc) is 3.06. The van der Waals surface area contributed by atoms with Gasteiger partial charge in [0.25, 0.3) is 5.91 Å². The van der Waals surface area contributed by atoms with E-state index >= 15 is 0 Å². The van der Waals surface area contributed by atoms with Crippen LogP contribution in [0.15, 0.2) is 17.1 Å². The van der Waals surface area contributed by atoms with Crippen LogP contribution in [0.1, 0.15) is 34.7 Å². The first-order valence-corrected chi connectivity index (χ1v) is 8.97. The van der Waals surface area contributed by atoms with Gasteiger partial charge in [-0.2, -0.15) is 4.98 Å². The third-order valence-electron chi connectivity index (χ3n) is 4.58. The molecule has 3 rings (SSSR count). The van der Waals surface area contributed by atoms with E-state index in [1.165, 1.54) is 6.42 Å². The standard InChI is InChI=1S/C17H25N7O2/c1-12-8-13(2)24(17(26)20-12)7-6-19-16(25)15-11-23(22-21-15)10-14-4-3-5-18-9-14/h8,11,14,18H,3-7,9-10H2,1-2H3,(H,19,25)/t14-/m0/s1. The lowest BCUT2D eigenvalue weighted by Gasteiger charge is -2.22. The highest BCUT2D eigenvalue weighted by atomic mass is 16.2. The number of carbonyl (C=O) groups excluding carboxylic acids is 1. The predicted molar refractivity (Wildman–Crippen MR) is 95.9 cm³/mol. The number of carbonyl (C=O) groups is 1. The van der Waals surface area contributed by atoms with Gasteiger partial charge in [0, 0.05) is 31.0 Å². The van der Waals surface area contributed by atoms with Gasteiger partial charge in [-0.3, -0.25) is 14.0 Å². The SMILES string of the molecule is Cc1cc(C)n(CCNC(=O)c2cn(C[C@H]3CCCNC3)nn2)c(=O)n1. The summed E-state index contributed by atoms with van der Waals surface area (Å²) >= 11 is 0. The second kappa shape index (κ2) is 8.22. The van der Waals surface area contributed by atoms with Crippen LogP contribution in [0.5, 0.6) is 0 Å². The molecule has 2 aromatic heterocycles. The van der Waals surface area contributed by atoms with Crippen molar-refractivity contribution in [2.45, 2.75) is 39.8 Å². The zero-order chi connectivity index (χ0) is 18.5. The number of piperidine rings is 1. The number of hydrogen-bond acceptors (Lipinski definition) is 6. The Kier molecular flexibility index (Phi) is 5.77. The van der Waals surface area contributed by atoms with Gasteiger partial charge < -0.3 is 10.6 Å². The number of nitrogens with zero attached hydrogens (tertiary/aromatic N) is 5. The first-order valence-electron chi connectivity index (χ1n) is 8.97. The van der Waals surface area contributed by atoms with Crippen LogP contribution in [0, 0.1) is 19.8 Å². The maximum absolute atomic E-state index is 12.2. The Hall–Kier alpha value is -2.55. The van der Waals surface area contributed by atoms with Crippen LogP contribution in [0.3, 0.4) is 0 Å². The minimum Gasteiger partial charge on any atom is -0.349 e. The minimum absolute atomic E-state index is 0.288. The van der Waals surface area contributed by atoms with Gasteiger partial charge in [-0.25, -0.2) is 4.79 Å². The Labute approximate surface area is 151 Å². The van der Waals surface area contributed by atoms with Gasteiger partial charge in [-0.15, -0.1) is 5.10 Å². The van der Waals surface area contributed by atoms with E-state index in [0.717, 1.165) is 31.7 Å². The zero-order valence-corrected chi connectivity index (χ0v) is 15.2. The maximum Gasteiger partial charge on any atom is 0.348 e. The van der Waals surface area contributed by atoms with E-state index in [1.54, 1.807) is 22.4 Å². The van der Waals surface area contributed by atoms with Gasteiger partial charge >= 0.3 is 5.69 Å². The Morgan fingerprint density at radius 2 is 2.27 bits per heavy atom. The molecule has 1 saturated heterocycles. The molecule has 1 fully saturated rings. The molecular formula is C17H25N7O2. The molecule has 0 saturated carbocycles. The van der Waals surface area contributed by atoms with Crippen LogP contribution in [0.4, 0.5) is 0 Å². The molecule has 0 aromatic carbocycles. The maximum atomic E-state index is 12.2. The molecule has 26 heavy (non-hydrogen) atoms. The van der Waals surface area contributed by atoms with Crippen LogP contribution in [-0.4, -0.2) is 50.1 Å². The molecule has 2 aromatic rings. The van der Waals surface area contributed by atoms with Crippen LogP contribution in [0.25, 0.3) is 0 Å². The van der Waals surface area contributed by atoms with E-state index in [2.05, 4.69) is 25.9 Å². The van der Waals surface area contributed by atoms with Crippen molar-refractivity contribution >= 4 is 5.91 Å². The molecule has 9 nitrogen and oxygen atoms in total. The number of amides is 1. The average molecular weight is 359 g/mol. The first kappa shape index (κ1) is 18.2. The molecule has 0 bridgehead atoms. The topological polar surface area (TPSA) is 107 Å². The second-order valence-electron chi connectivity index (χ2n) is 6.77. The van der Waals surface area contributed by atoms with Gasteiger partial charge in [-0.1, -0.05) is 5.21 Å². The quantitative estimate of drug-likeness (QED) is 0.745. The van der Waals surface area contributed by atoms with Crippen LogP contribution < -0.4 is 16.3 Å². The number of aromatic nitrogens is 5. The molecule has 1 amide bonds. The molecule has 1 aliphatic rings. The molecule has 3 heterocycles. The van der Waals surface area contributed by atoms with Crippen molar-refractivity contribution in [1.29, 1.82) is 0 Å². The Balaban J connectivity index is 1.52. The van der Waals surface area contributed by atoms with Gasteiger partial charge in [0.2, 0.25) is 0 Å². The van der Waals surface area contributed by atoms with Crippen molar-refractivity contribution in [1.82, 2.24) is 35.2 Å². The van der Waals surface area contributed by atoms with E-state index < -0.39 is 0 Å². The molecule has 9 heteroatoms. The molecule has 0 unspecified atom stereocenters. The summed E-state index contributed by atoms with van der Waals surface area (Å²) in [6.45, 7) is 7.13. The Bertz CT molecular complexity index is 821. The Morgan fingerprint density at radius 1 is 1.42 bits per heavy atom. The molecule has 2 N–H and O–H groups in total. The molecular weight excluding hydrogens is 334 g/mol. The van der Waals surface area contributed by atoms with Gasteiger partial charge in [0.1, 0.15) is 0 Å². The van der Waals surface area contributed by atoms with E-state index in [9.17, 15) is 9.59 Å². The Morgan fingerprint density at radius 3 is 3.00 bits per heavy atom. The lowest BCUT2D eigenvalue weighted by atomic mass is 10.00. The number of aryl methyl sites for hydroxylation is 2. The van der Waals surface area contributed by atoms with Crippen molar-refractivity contribution in [3.63, 3.8) is 0 Å². The fraction of sp³-hybridized carbons (Fsp3) is 0.588. The van der Waals surface area contributed by atoms with E-state index in [4.69, 9.17) is 0 Å². The highest BCUT2D eigenvalue weighted by Crippen LogP contribution is 2.11. The van der Waals surface area contributed by atoms with Crippen LogP contribution >= 0.6 is 0 Å². The van der Waals surface area contributed by atoms with E-state index in [-0.39, 0.29) is 11.6 Å². The number of rotatable bonds is 6. The van der Waals surface area contributed by atoms with Gasteiger partial charge in [0.15, 0.2) is 5.69 Å². The summed E-state index contributed by atoms with van der Waals surface area (Å²) in [7, 11) is 0. The van der Waals surface area contributed by atoms with Crippen molar-refractivity contribution < 1.29 is 4.79 Å². The third kappa shape index (κ3) is 4.54. The van der Waals surface area contributed by atoms with Gasteiger partial charge in [-0.05, 0) is 51.8 Å². The smallest absolute Gasteiger partial charge is 0.348 e. The van der Waals surface area contributed by atoms with Gasteiger partial charge in [0.05, 0.1) is 6.20 Å². The van der Waals surface area contributed by atoms with E-state index in [0.29, 0.717) is 30.4 Å². The number of hydrogen-bond donors (Lipinski definition) is 2. The van der Waals surface area contributed by atoms with Crippen molar-refractivity contribution in [3.8, 4) is 0 Å². The fourth-order valence-corrected chi connectivity index (χ4v) is 3.25. The molecule has 140 valence electrons. The number of nitrogens with one attached hydrogen (secondary N) is 2. The fourth-order valence-electron chi connectivity index (χ4n) is 3.25. The second-order valence-corrected chi connectivity index (χ2v) is 6.77. The minimum atomic E-state index is -0.302. The summed E-state index contributed by atoms with van der Waals surface area (Å²) in [4.78, 5) is 28.0. The zero-order valence-electron chi connectivity index (χ0n) is 15.2. The molecule has 0 aliphatic carbocycles. The highest BCUT2D eigenvalue weighted by molar-refractivity contribution is 5.91. The predicted octanol–water partition coefficient (Wildman–Crippen LogP) is -0.119. The summed E-state index contributed by atoms with van der Waals surface area (Å²) in [6, 6.07) is 1.84. The van der Waals surface area contributed by atoms with Crippen molar-refractivity contribution in [3.05, 3.63) is 39.8 Å². The summed E-state index contributed by atoms with van der Waals surface area (Å²) in [5.41, 5.74) is 1.50. The summed E-state index contributed by atoms with van der Waals surface area (Å²) in [5.74, 6) is 0.231. The molecule has 0 spiro atoms. The van der Waals surface area contributed by atoms with Crippen molar-refractivity contribution in [2.24, 2.45) is 5.92 Å². The molecule has 1 atom stereocenters. The molecule has 0 radical (unpaired) electrons. The van der Waals surface area contributed by atoms with E-state index in [1.807, 2.05) is 13.0 Å². The first-order chi connectivity index (χ1) is 12.5. The highest BCUT2D eigenvalue weighted by Gasteiger charge is 2.16. The normalized spacial score (nSPS) is 17.2. The largest absolute Gasteiger partial charge is 0.349 e. The lowest BCUT2D eigenvalue weighted by molar-refractivity contribution is 0.0947. The van der Waals surface area contributed by atoms with Crippen molar-refractivity contribution in [2.75, 3.05) is 19.6 Å².